The Balaban J connectivity index is 3.25. The van der Waals surface area contributed by atoms with Crippen LogP contribution in [0.15, 0.2) is 23.8 Å². The van der Waals surface area contributed by atoms with E-state index in [4.69, 9.17) is 11.0 Å². The van der Waals surface area contributed by atoms with Gasteiger partial charge in [-0.2, -0.15) is 5.26 Å². The molecule has 0 unspecified atom stereocenters. The largest absolute Gasteiger partial charge is 0.365 e. The second kappa shape index (κ2) is 4.43. The normalized spacial score (nSPS) is 10.9. The van der Waals surface area contributed by atoms with Gasteiger partial charge in [-0.1, -0.05) is 18.2 Å². The molecule has 3 heteroatoms. The van der Waals surface area contributed by atoms with Gasteiger partial charge in [0.05, 0.1) is 0 Å². The minimum atomic E-state index is -0.696. The van der Waals surface area contributed by atoms with Gasteiger partial charge in [0, 0.05) is 0 Å². The number of carbonyl (C=O) groups excluding carboxylic acids is 1. The molecule has 2 N–H and O–H groups in total. The molecule has 0 saturated heterocycles. The minimum Gasteiger partial charge on any atom is -0.365 e. The molecule has 0 atom stereocenters. The zero-order chi connectivity index (χ0) is 11.4. The lowest BCUT2D eigenvalue weighted by Crippen LogP contribution is -2.12. The van der Waals surface area contributed by atoms with Crippen molar-refractivity contribution in [2.45, 2.75) is 13.8 Å². The van der Waals surface area contributed by atoms with Gasteiger partial charge in [-0.3, -0.25) is 4.79 Å². The Kier molecular flexibility index (Phi) is 3.25. The first-order chi connectivity index (χ1) is 7.06. The number of benzene rings is 1. The van der Waals surface area contributed by atoms with Gasteiger partial charge in [0.15, 0.2) is 0 Å². The maximum Gasteiger partial charge on any atom is 0.259 e. The predicted molar refractivity (Wildman–Crippen MR) is 58.7 cm³/mol. The highest BCUT2D eigenvalue weighted by Crippen LogP contribution is 2.15. The number of hydrogen-bond acceptors (Lipinski definition) is 2. The summed E-state index contributed by atoms with van der Waals surface area (Å²) in [5.41, 5.74) is 8.05. The fraction of sp³-hybridized carbons (Fsp3) is 0.167. The summed E-state index contributed by atoms with van der Waals surface area (Å²) in [6.45, 7) is 3.92. The lowest BCUT2D eigenvalue weighted by atomic mass is 10.0. The van der Waals surface area contributed by atoms with Gasteiger partial charge in [-0.25, -0.2) is 0 Å². The molecule has 0 saturated carbocycles. The van der Waals surface area contributed by atoms with E-state index in [2.05, 4.69) is 0 Å². The zero-order valence-corrected chi connectivity index (χ0v) is 8.74. The van der Waals surface area contributed by atoms with Crippen LogP contribution in [0.5, 0.6) is 0 Å². The Hall–Kier alpha value is -2.08. The molecule has 1 aromatic carbocycles. The maximum absolute atomic E-state index is 10.9. The van der Waals surface area contributed by atoms with E-state index in [9.17, 15) is 4.79 Å². The number of nitrogens with two attached hydrogens (primary N) is 1. The van der Waals surface area contributed by atoms with E-state index < -0.39 is 5.91 Å². The molecule has 0 heterocycles. The van der Waals surface area contributed by atoms with Crippen LogP contribution in [0.2, 0.25) is 0 Å². The summed E-state index contributed by atoms with van der Waals surface area (Å²) in [4.78, 5) is 10.9. The maximum atomic E-state index is 10.9. The van der Waals surface area contributed by atoms with Crippen molar-refractivity contribution in [3.05, 3.63) is 40.5 Å². The molecule has 0 aliphatic carbocycles. The fourth-order valence-electron chi connectivity index (χ4n) is 1.24. The van der Waals surface area contributed by atoms with Gasteiger partial charge in [0.1, 0.15) is 11.6 Å². The van der Waals surface area contributed by atoms with Gasteiger partial charge < -0.3 is 5.73 Å². The standard InChI is InChI=1S/C12H12N2O/c1-8-4-3-5-10(9(8)2)6-11(7-13)12(14)15/h3-6H,1-2H3,(H2,14,15)/b11-6-. The molecule has 0 aliphatic heterocycles. The molecule has 0 fully saturated rings. The molecule has 76 valence electrons. The van der Waals surface area contributed by atoms with Crippen molar-refractivity contribution in [1.82, 2.24) is 0 Å². The third-order valence-corrected chi connectivity index (χ3v) is 2.33. The third kappa shape index (κ3) is 2.44. The fourth-order valence-corrected chi connectivity index (χ4v) is 1.24. The highest BCUT2D eigenvalue weighted by atomic mass is 16.1. The Morgan fingerprint density at radius 1 is 1.47 bits per heavy atom. The van der Waals surface area contributed by atoms with Crippen LogP contribution < -0.4 is 5.73 Å². The molecule has 1 aromatic rings. The minimum absolute atomic E-state index is 0.0244. The Bertz CT molecular complexity index is 467. The van der Waals surface area contributed by atoms with E-state index >= 15 is 0 Å². The predicted octanol–water partition coefficient (Wildman–Crippen LogP) is 1.70. The summed E-state index contributed by atoms with van der Waals surface area (Å²) >= 11 is 0. The molecule has 0 radical (unpaired) electrons. The van der Waals surface area contributed by atoms with Crippen molar-refractivity contribution in [2.24, 2.45) is 5.73 Å². The molecule has 15 heavy (non-hydrogen) atoms. The van der Waals surface area contributed by atoms with E-state index in [0.717, 1.165) is 16.7 Å². The Morgan fingerprint density at radius 3 is 2.67 bits per heavy atom. The van der Waals surface area contributed by atoms with Crippen LogP contribution >= 0.6 is 0 Å². The summed E-state index contributed by atoms with van der Waals surface area (Å²) in [5, 5.41) is 8.70. The topological polar surface area (TPSA) is 66.9 Å². The van der Waals surface area contributed by atoms with Gasteiger partial charge in [0.2, 0.25) is 0 Å². The van der Waals surface area contributed by atoms with Gasteiger partial charge in [0.25, 0.3) is 5.91 Å². The second-order valence-electron chi connectivity index (χ2n) is 3.32. The molecular formula is C12H12N2O. The van der Waals surface area contributed by atoms with Crippen molar-refractivity contribution >= 4 is 12.0 Å². The summed E-state index contributed by atoms with van der Waals surface area (Å²) in [7, 11) is 0. The highest BCUT2D eigenvalue weighted by molar-refractivity contribution is 6.00. The van der Waals surface area contributed by atoms with Crippen LogP contribution in [0, 0.1) is 25.2 Å². The first-order valence-corrected chi connectivity index (χ1v) is 4.54. The van der Waals surface area contributed by atoms with Crippen LogP contribution in [-0.2, 0) is 4.79 Å². The first-order valence-electron chi connectivity index (χ1n) is 4.54. The lowest BCUT2D eigenvalue weighted by molar-refractivity contribution is -0.114. The number of primary amides is 1. The second-order valence-corrected chi connectivity index (χ2v) is 3.32. The van der Waals surface area contributed by atoms with Crippen molar-refractivity contribution < 1.29 is 4.79 Å². The van der Waals surface area contributed by atoms with Gasteiger partial charge in [-0.15, -0.1) is 0 Å². The summed E-state index contributed by atoms with van der Waals surface area (Å²) in [6.07, 6.45) is 1.52. The zero-order valence-electron chi connectivity index (χ0n) is 8.74. The van der Waals surface area contributed by atoms with Crippen molar-refractivity contribution in [2.75, 3.05) is 0 Å². The van der Waals surface area contributed by atoms with E-state index in [1.807, 2.05) is 32.0 Å². The van der Waals surface area contributed by atoms with E-state index in [1.165, 1.54) is 6.08 Å². The van der Waals surface area contributed by atoms with Gasteiger partial charge >= 0.3 is 0 Å². The molecule has 3 nitrogen and oxygen atoms in total. The van der Waals surface area contributed by atoms with Crippen LogP contribution in [0.3, 0.4) is 0 Å². The average Bonchev–Trinajstić information content (AvgIpc) is 2.19. The number of nitrogens with zero attached hydrogens (tertiary/aromatic N) is 1. The number of hydrogen-bond donors (Lipinski definition) is 1. The van der Waals surface area contributed by atoms with Gasteiger partial charge in [-0.05, 0) is 36.6 Å². The van der Waals surface area contributed by atoms with Crippen LogP contribution in [0.4, 0.5) is 0 Å². The number of aryl methyl sites for hydroxylation is 1. The van der Waals surface area contributed by atoms with E-state index in [0.29, 0.717) is 0 Å². The average molecular weight is 200 g/mol. The van der Waals surface area contributed by atoms with Crippen molar-refractivity contribution in [3.8, 4) is 6.07 Å². The number of carbonyl (C=O) groups is 1. The van der Waals surface area contributed by atoms with E-state index in [-0.39, 0.29) is 5.57 Å². The smallest absolute Gasteiger partial charge is 0.259 e. The number of nitriles is 1. The van der Waals surface area contributed by atoms with Crippen LogP contribution in [0.1, 0.15) is 16.7 Å². The lowest BCUT2D eigenvalue weighted by Gasteiger charge is -2.03. The summed E-state index contributed by atoms with van der Waals surface area (Å²) < 4.78 is 0. The van der Waals surface area contributed by atoms with Crippen molar-refractivity contribution in [3.63, 3.8) is 0 Å². The Labute approximate surface area is 88.8 Å². The Morgan fingerprint density at radius 2 is 2.13 bits per heavy atom. The van der Waals surface area contributed by atoms with E-state index in [1.54, 1.807) is 6.07 Å². The SMILES string of the molecule is Cc1cccc(/C=C(/C#N)C(N)=O)c1C. The summed E-state index contributed by atoms with van der Waals surface area (Å²) in [6, 6.07) is 7.49. The highest BCUT2D eigenvalue weighted by Gasteiger charge is 2.05. The molecular weight excluding hydrogens is 188 g/mol. The molecule has 0 aliphatic rings. The monoisotopic (exact) mass is 200 g/mol. The number of amides is 1. The van der Waals surface area contributed by atoms with Crippen LogP contribution in [0.25, 0.3) is 6.08 Å². The van der Waals surface area contributed by atoms with Crippen LogP contribution in [-0.4, -0.2) is 5.91 Å². The molecule has 0 spiro atoms. The number of rotatable bonds is 2. The molecule has 0 aromatic heterocycles. The first kappa shape index (κ1) is 11.0. The quantitative estimate of drug-likeness (QED) is 0.583. The summed E-state index contributed by atoms with van der Waals surface area (Å²) in [5.74, 6) is -0.696. The molecule has 1 rings (SSSR count). The molecule has 1 amide bonds. The molecule has 0 bridgehead atoms. The third-order valence-electron chi connectivity index (χ3n) is 2.33. The van der Waals surface area contributed by atoms with Crippen molar-refractivity contribution in [1.29, 1.82) is 5.26 Å².